The molecule has 5 heteroatoms. The number of carbonyl (C=O) groups is 1. The van der Waals surface area contributed by atoms with Gasteiger partial charge in [0.05, 0.1) is 17.9 Å². The standard InChI is InChI=1S/C22H25N3O2/c1-3-13-24(16-21(26)27)14-18-15-25(19-10-5-4-6-11-19)23-22(18)20-12-8-7-9-17(20)2/h4-12,15H,3,13-14,16H2,1-2H3,(H,26,27). The van der Waals surface area contributed by atoms with Crippen LogP contribution in [0.1, 0.15) is 24.5 Å². The fourth-order valence-electron chi connectivity index (χ4n) is 3.27. The second kappa shape index (κ2) is 8.64. The van der Waals surface area contributed by atoms with Crippen LogP contribution in [0, 0.1) is 6.92 Å². The molecule has 0 radical (unpaired) electrons. The van der Waals surface area contributed by atoms with E-state index >= 15 is 0 Å². The zero-order valence-electron chi connectivity index (χ0n) is 15.8. The molecule has 140 valence electrons. The number of aliphatic carboxylic acids is 1. The predicted octanol–water partition coefficient (Wildman–Crippen LogP) is 4.14. The molecule has 1 heterocycles. The lowest BCUT2D eigenvalue weighted by Crippen LogP contribution is -2.30. The van der Waals surface area contributed by atoms with Crippen molar-refractivity contribution in [2.75, 3.05) is 13.1 Å². The van der Waals surface area contributed by atoms with Crippen LogP contribution in [0.2, 0.25) is 0 Å². The third-order valence-electron chi connectivity index (χ3n) is 4.50. The SMILES string of the molecule is CCCN(CC(=O)O)Cc1cn(-c2ccccc2)nc1-c1ccccc1C. The van der Waals surface area contributed by atoms with Crippen molar-refractivity contribution in [3.05, 3.63) is 71.9 Å². The molecule has 0 bridgehead atoms. The summed E-state index contributed by atoms with van der Waals surface area (Å²) < 4.78 is 1.88. The summed E-state index contributed by atoms with van der Waals surface area (Å²) in [6.45, 7) is 5.44. The second-order valence-electron chi connectivity index (χ2n) is 6.70. The van der Waals surface area contributed by atoms with Crippen molar-refractivity contribution in [2.24, 2.45) is 0 Å². The van der Waals surface area contributed by atoms with E-state index in [9.17, 15) is 9.90 Å². The van der Waals surface area contributed by atoms with Gasteiger partial charge < -0.3 is 5.11 Å². The molecule has 1 N–H and O–H groups in total. The third-order valence-corrected chi connectivity index (χ3v) is 4.50. The molecule has 0 unspecified atom stereocenters. The predicted molar refractivity (Wildman–Crippen MR) is 107 cm³/mol. The molecule has 0 aliphatic heterocycles. The first-order valence-corrected chi connectivity index (χ1v) is 9.22. The van der Waals surface area contributed by atoms with Gasteiger partial charge in [-0.15, -0.1) is 0 Å². The first-order valence-electron chi connectivity index (χ1n) is 9.22. The molecule has 0 saturated carbocycles. The summed E-state index contributed by atoms with van der Waals surface area (Å²) in [5.41, 5.74) is 5.15. The van der Waals surface area contributed by atoms with Crippen molar-refractivity contribution < 1.29 is 9.90 Å². The van der Waals surface area contributed by atoms with E-state index < -0.39 is 5.97 Å². The largest absolute Gasteiger partial charge is 0.480 e. The average molecular weight is 363 g/mol. The Morgan fingerprint density at radius 2 is 1.81 bits per heavy atom. The average Bonchev–Trinajstić information content (AvgIpc) is 3.06. The number of aryl methyl sites for hydroxylation is 1. The fourth-order valence-corrected chi connectivity index (χ4v) is 3.27. The lowest BCUT2D eigenvalue weighted by Gasteiger charge is -2.19. The van der Waals surface area contributed by atoms with Crippen molar-refractivity contribution in [2.45, 2.75) is 26.8 Å². The Bertz CT molecular complexity index is 903. The second-order valence-corrected chi connectivity index (χ2v) is 6.70. The molecule has 0 spiro atoms. The smallest absolute Gasteiger partial charge is 0.317 e. The van der Waals surface area contributed by atoms with E-state index in [4.69, 9.17) is 5.10 Å². The number of hydrogen-bond donors (Lipinski definition) is 1. The van der Waals surface area contributed by atoms with E-state index in [2.05, 4.69) is 26.0 Å². The maximum atomic E-state index is 11.2. The number of nitrogens with zero attached hydrogens (tertiary/aromatic N) is 3. The quantitative estimate of drug-likeness (QED) is 0.653. The van der Waals surface area contributed by atoms with Crippen molar-refractivity contribution in [1.82, 2.24) is 14.7 Å². The summed E-state index contributed by atoms with van der Waals surface area (Å²) in [4.78, 5) is 13.2. The van der Waals surface area contributed by atoms with Gasteiger partial charge in [-0.3, -0.25) is 9.69 Å². The van der Waals surface area contributed by atoms with E-state index in [1.54, 1.807) is 0 Å². The van der Waals surface area contributed by atoms with Crippen LogP contribution in [0.3, 0.4) is 0 Å². The minimum absolute atomic E-state index is 0.0254. The molecular formula is C22H25N3O2. The molecule has 1 aromatic heterocycles. The number of carboxylic acids is 1. The van der Waals surface area contributed by atoms with Crippen molar-refractivity contribution in [3.8, 4) is 16.9 Å². The lowest BCUT2D eigenvalue weighted by atomic mass is 10.0. The number of rotatable bonds is 8. The number of carboxylic acid groups (broad SMARTS) is 1. The highest BCUT2D eigenvalue weighted by Crippen LogP contribution is 2.27. The molecule has 3 rings (SSSR count). The first-order chi connectivity index (χ1) is 13.1. The summed E-state index contributed by atoms with van der Waals surface area (Å²) in [6, 6.07) is 18.1. The van der Waals surface area contributed by atoms with Crippen LogP contribution in [-0.4, -0.2) is 38.8 Å². The minimum Gasteiger partial charge on any atom is -0.480 e. The summed E-state index contributed by atoms with van der Waals surface area (Å²) in [7, 11) is 0. The summed E-state index contributed by atoms with van der Waals surface area (Å²) >= 11 is 0. The molecule has 0 amide bonds. The molecule has 2 aromatic carbocycles. The molecule has 27 heavy (non-hydrogen) atoms. The zero-order valence-corrected chi connectivity index (χ0v) is 15.8. The topological polar surface area (TPSA) is 58.4 Å². The van der Waals surface area contributed by atoms with Crippen LogP contribution in [0.25, 0.3) is 16.9 Å². The van der Waals surface area contributed by atoms with Crippen LogP contribution in [0.15, 0.2) is 60.8 Å². The van der Waals surface area contributed by atoms with Gasteiger partial charge in [-0.2, -0.15) is 5.10 Å². The van der Waals surface area contributed by atoms with E-state index in [0.717, 1.165) is 41.0 Å². The van der Waals surface area contributed by atoms with Crippen molar-refractivity contribution in [1.29, 1.82) is 0 Å². The number of para-hydroxylation sites is 1. The van der Waals surface area contributed by atoms with Gasteiger partial charge in [0.1, 0.15) is 0 Å². The van der Waals surface area contributed by atoms with Crippen LogP contribution in [-0.2, 0) is 11.3 Å². The van der Waals surface area contributed by atoms with Gasteiger partial charge in [-0.1, -0.05) is 49.4 Å². The maximum Gasteiger partial charge on any atom is 0.317 e. The highest BCUT2D eigenvalue weighted by molar-refractivity contribution is 5.69. The third kappa shape index (κ3) is 4.63. The van der Waals surface area contributed by atoms with Crippen LogP contribution in [0.5, 0.6) is 0 Å². The monoisotopic (exact) mass is 363 g/mol. The molecule has 0 aliphatic carbocycles. The molecule has 3 aromatic rings. The number of benzene rings is 2. The Balaban J connectivity index is 2.03. The molecule has 0 saturated heterocycles. The van der Waals surface area contributed by atoms with Gasteiger partial charge in [0.25, 0.3) is 0 Å². The normalized spacial score (nSPS) is 11.1. The van der Waals surface area contributed by atoms with E-state index in [1.807, 2.05) is 58.2 Å². The van der Waals surface area contributed by atoms with Crippen LogP contribution < -0.4 is 0 Å². The molecule has 5 nitrogen and oxygen atoms in total. The van der Waals surface area contributed by atoms with Gasteiger partial charge in [0, 0.05) is 23.9 Å². The fraction of sp³-hybridized carbons (Fsp3) is 0.273. The zero-order chi connectivity index (χ0) is 19.2. The highest BCUT2D eigenvalue weighted by Gasteiger charge is 2.18. The maximum absolute atomic E-state index is 11.2. The van der Waals surface area contributed by atoms with Crippen molar-refractivity contribution in [3.63, 3.8) is 0 Å². The number of aromatic nitrogens is 2. The number of hydrogen-bond acceptors (Lipinski definition) is 3. The molecule has 0 atom stereocenters. The van der Waals surface area contributed by atoms with Gasteiger partial charge >= 0.3 is 5.97 Å². The Labute approximate surface area is 159 Å². The highest BCUT2D eigenvalue weighted by atomic mass is 16.4. The molecular weight excluding hydrogens is 338 g/mol. The minimum atomic E-state index is -0.809. The van der Waals surface area contributed by atoms with Crippen LogP contribution in [0.4, 0.5) is 0 Å². The summed E-state index contributed by atoms with van der Waals surface area (Å²) in [5.74, 6) is -0.809. The van der Waals surface area contributed by atoms with Gasteiger partial charge in [0.2, 0.25) is 0 Å². The van der Waals surface area contributed by atoms with Gasteiger partial charge in [-0.25, -0.2) is 4.68 Å². The van der Waals surface area contributed by atoms with Gasteiger partial charge in [-0.05, 0) is 37.6 Å². The van der Waals surface area contributed by atoms with E-state index in [-0.39, 0.29) is 6.54 Å². The molecule has 0 fully saturated rings. The summed E-state index contributed by atoms with van der Waals surface area (Å²) in [5, 5.41) is 14.1. The van der Waals surface area contributed by atoms with Gasteiger partial charge in [0.15, 0.2) is 0 Å². The Morgan fingerprint density at radius 3 is 2.48 bits per heavy atom. The van der Waals surface area contributed by atoms with Crippen LogP contribution >= 0.6 is 0 Å². The Hall–Kier alpha value is -2.92. The van der Waals surface area contributed by atoms with E-state index in [0.29, 0.717) is 6.54 Å². The first kappa shape index (κ1) is 18.9. The lowest BCUT2D eigenvalue weighted by molar-refractivity contribution is -0.138. The summed E-state index contributed by atoms with van der Waals surface area (Å²) in [6.07, 6.45) is 2.92. The van der Waals surface area contributed by atoms with E-state index in [1.165, 1.54) is 0 Å². The van der Waals surface area contributed by atoms with Crippen molar-refractivity contribution >= 4 is 5.97 Å². The molecule has 0 aliphatic rings. The Morgan fingerprint density at radius 1 is 1.11 bits per heavy atom. The Kier molecular flexibility index (Phi) is 6.04.